The molecular formula is C19H20N2O. The van der Waals surface area contributed by atoms with Crippen LogP contribution < -0.4 is 10.5 Å². The van der Waals surface area contributed by atoms with Crippen molar-refractivity contribution in [1.29, 1.82) is 0 Å². The van der Waals surface area contributed by atoms with Gasteiger partial charge in [0.2, 0.25) is 0 Å². The number of anilines is 1. The molecule has 0 radical (unpaired) electrons. The highest BCUT2D eigenvalue weighted by molar-refractivity contribution is 5.88. The van der Waals surface area contributed by atoms with Crippen LogP contribution in [0.3, 0.4) is 0 Å². The van der Waals surface area contributed by atoms with E-state index in [2.05, 4.69) is 34.9 Å². The standard InChI is InChI=1S/C19H20N2O/c1-22-17-10-7-14-11-18(13-5-8-15(20)9-6-13)21(19(14)12-17)16-3-2-4-16/h5-12,16H,2-4,20H2,1H3. The Labute approximate surface area is 130 Å². The number of hydrogen-bond donors (Lipinski definition) is 1. The van der Waals surface area contributed by atoms with Crippen LogP contribution in [0.4, 0.5) is 5.69 Å². The number of rotatable bonds is 3. The highest BCUT2D eigenvalue weighted by Gasteiger charge is 2.24. The molecule has 2 N–H and O–H groups in total. The average molecular weight is 292 g/mol. The van der Waals surface area contributed by atoms with E-state index >= 15 is 0 Å². The van der Waals surface area contributed by atoms with Gasteiger partial charge in [0.05, 0.1) is 12.6 Å². The monoisotopic (exact) mass is 292 g/mol. The van der Waals surface area contributed by atoms with Crippen LogP contribution in [0.2, 0.25) is 0 Å². The normalized spacial score (nSPS) is 15.0. The Hall–Kier alpha value is -2.42. The molecule has 3 heteroatoms. The fourth-order valence-corrected chi connectivity index (χ4v) is 3.24. The molecule has 1 heterocycles. The third kappa shape index (κ3) is 2.05. The van der Waals surface area contributed by atoms with Crippen molar-refractivity contribution in [2.24, 2.45) is 0 Å². The molecule has 0 bridgehead atoms. The fraction of sp³-hybridized carbons (Fsp3) is 0.263. The molecular weight excluding hydrogens is 272 g/mol. The second kappa shape index (κ2) is 5.09. The molecule has 1 aromatic heterocycles. The molecule has 0 unspecified atom stereocenters. The highest BCUT2D eigenvalue weighted by Crippen LogP contribution is 2.40. The number of nitrogens with zero attached hydrogens (tertiary/aromatic N) is 1. The van der Waals surface area contributed by atoms with Crippen LogP contribution in [-0.4, -0.2) is 11.7 Å². The third-order valence-corrected chi connectivity index (χ3v) is 4.70. The molecule has 4 rings (SSSR count). The lowest BCUT2D eigenvalue weighted by molar-refractivity contribution is 0.324. The van der Waals surface area contributed by atoms with Crippen LogP contribution in [0, 0.1) is 0 Å². The maximum atomic E-state index is 5.83. The minimum atomic E-state index is 0.595. The van der Waals surface area contributed by atoms with E-state index in [0.29, 0.717) is 6.04 Å². The van der Waals surface area contributed by atoms with E-state index < -0.39 is 0 Å². The number of hydrogen-bond acceptors (Lipinski definition) is 2. The first kappa shape index (κ1) is 13.3. The quantitative estimate of drug-likeness (QED) is 0.715. The summed E-state index contributed by atoms with van der Waals surface area (Å²) in [6.07, 6.45) is 3.82. The van der Waals surface area contributed by atoms with Crippen LogP contribution >= 0.6 is 0 Å². The number of aromatic nitrogens is 1. The minimum Gasteiger partial charge on any atom is -0.497 e. The molecule has 0 saturated heterocycles. The van der Waals surface area contributed by atoms with Gasteiger partial charge in [0.15, 0.2) is 0 Å². The van der Waals surface area contributed by atoms with Gasteiger partial charge in [0.1, 0.15) is 5.75 Å². The van der Waals surface area contributed by atoms with Crippen LogP contribution in [0.1, 0.15) is 25.3 Å². The first-order valence-corrected chi connectivity index (χ1v) is 7.81. The van der Waals surface area contributed by atoms with Gasteiger partial charge in [-0.3, -0.25) is 0 Å². The summed E-state index contributed by atoms with van der Waals surface area (Å²) in [4.78, 5) is 0. The number of methoxy groups -OCH3 is 1. The van der Waals surface area contributed by atoms with E-state index in [9.17, 15) is 0 Å². The van der Waals surface area contributed by atoms with Gasteiger partial charge < -0.3 is 15.0 Å². The lowest BCUT2D eigenvalue weighted by Gasteiger charge is -2.30. The summed E-state index contributed by atoms with van der Waals surface area (Å²) < 4.78 is 7.89. The van der Waals surface area contributed by atoms with Crippen molar-refractivity contribution in [1.82, 2.24) is 4.57 Å². The SMILES string of the molecule is COc1ccc2cc(-c3ccc(N)cc3)n(C3CCC3)c2c1. The van der Waals surface area contributed by atoms with Crippen molar-refractivity contribution in [2.75, 3.05) is 12.8 Å². The van der Waals surface area contributed by atoms with Crippen LogP contribution in [0.15, 0.2) is 48.5 Å². The molecule has 1 fully saturated rings. The first-order chi connectivity index (χ1) is 10.8. The lowest BCUT2D eigenvalue weighted by atomic mass is 9.92. The van der Waals surface area contributed by atoms with E-state index in [1.165, 1.54) is 41.4 Å². The molecule has 1 aliphatic rings. The zero-order valence-corrected chi connectivity index (χ0v) is 12.8. The molecule has 0 aliphatic heterocycles. The summed E-state index contributed by atoms with van der Waals surface area (Å²) in [5, 5.41) is 1.26. The maximum absolute atomic E-state index is 5.83. The second-order valence-corrected chi connectivity index (χ2v) is 6.03. The van der Waals surface area contributed by atoms with E-state index in [1.807, 2.05) is 18.2 Å². The van der Waals surface area contributed by atoms with Gasteiger partial charge in [-0.1, -0.05) is 12.1 Å². The molecule has 1 saturated carbocycles. The van der Waals surface area contributed by atoms with Crippen molar-refractivity contribution < 1.29 is 4.74 Å². The molecule has 3 aromatic rings. The molecule has 0 amide bonds. The Morgan fingerprint density at radius 3 is 2.45 bits per heavy atom. The minimum absolute atomic E-state index is 0.595. The van der Waals surface area contributed by atoms with Crippen molar-refractivity contribution >= 4 is 16.6 Å². The fourth-order valence-electron chi connectivity index (χ4n) is 3.24. The molecule has 3 nitrogen and oxygen atoms in total. The number of fused-ring (bicyclic) bond motifs is 1. The van der Waals surface area contributed by atoms with Crippen LogP contribution in [0.5, 0.6) is 5.75 Å². The summed E-state index contributed by atoms with van der Waals surface area (Å²) >= 11 is 0. The molecule has 2 aromatic carbocycles. The predicted molar refractivity (Wildman–Crippen MR) is 91.2 cm³/mol. The van der Waals surface area contributed by atoms with Gasteiger partial charge >= 0.3 is 0 Å². The second-order valence-electron chi connectivity index (χ2n) is 6.03. The summed E-state index contributed by atoms with van der Waals surface area (Å²) in [6.45, 7) is 0. The van der Waals surface area contributed by atoms with Gasteiger partial charge in [-0.25, -0.2) is 0 Å². The predicted octanol–water partition coefficient (Wildman–Crippen LogP) is 4.62. The Bertz CT molecular complexity index is 813. The number of benzene rings is 2. The molecule has 0 atom stereocenters. The van der Waals surface area contributed by atoms with Gasteiger partial charge in [-0.05, 0) is 55.2 Å². The number of nitrogens with two attached hydrogens (primary N) is 1. The van der Waals surface area contributed by atoms with Crippen molar-refractivity contribution in [3.05, 3.63) is 48.5 Å². The first-order valence-electron chi connectivity index (χ1n) is 7.81. The van der Waals surface area contributed by atoms with Gasteiger partial charge in [-0.15, -0.1) is 0 Å². The van der Waals surface area contributed by atoms with Gasteiger partial charge in [0.25, 0.3) is 0 Å². The summed E-state index contributed by atoms with van der Waals surface area (Å²) in [5.41, 5.74) is 10.4. The zero-order valence-electron chi connectivity index (χ0n) is 12.8. The highest BCUT2D eigenvalue weighted by atomic mass is 16.5. The topological polar surface area (TPSA) is 40.2 Å². The van der Waals surface area contributed by atoms with E-state index in [-0.39, 0.29) is 0 Å². The van der Waals surface area contributed by atoms with Crippen molar-refractivity contribution in [2.45, 2.75) is 25.3 Å². The number of ether oxygens (including phenoxy) is 1. The Morgan fingerprint density at radius 2 is 1.82 bits per heavy atom. The average Bonchev–Trinajstić information content (AvgIpc) is 2.85. The summed E-state index contributed by atoms with van der Waals surface area (Å²) in [6, 6.07) is 17.3. The van der Waals surface area contributed by atoms with E-state index in [1.54, 1.807) is 7.11 Å². The van der Waals surface area contributed by atoms with E-state index in [0.717, 1.165) is 11.4 Å². The van der Waals surface area contributed by atoms with Crippen LogP contribution in [0.25, 0.3) is 22.2 Å². The van der Waals surface area contributed by atoms with Gasteiger partial charge in [0, 0.05) is 28.9 Å². The molecule has 22 heavy (non-hydrogen) atoms. The Morgan fingerprint density at radius 1 is 1.05 bits per heavy atom. The third-order valence-electron chi connectivity index (χ3n) is 4.70. The Balaban J connectivity index is 1.94. The van der Waals surface area contributed by atoms with Gasteiger partial charge in [-0.2, -0.15) is 0 Å². The largest absolute Gasteiger partial charge is 0.497 e. The summed E-state index contributed by atoms with van der Waals surface area (Å²) in [5.74, 6) is 0.912. The maximum Gasteiger partial charge on any atom is 0.120 e. The number of nitrogen functional groups attached to an aromatic ring is 1. The smallest absolute Gasteiger partial charge is 0.120 e. The molecule has 112 valence electrons. The van der Waals surface area contributed by atoms with E-state index in [4.69, 9.17) is 10.5 Å². The van der Waals surface area contributed by atoms with Crippen LogP contribution in [-0.2, 0) is 0 Å². The lowest BCUT2D eigenvalue weighted by Crippen LogP contribution is -2.17. The Kier molecular flexibility index (Phi) is 3.07. The zero-order chi connectivity index (χ0) is 15.1. The molecule has 0 spiro atoms. The molecule has 1 aliphatic carbocycles. The van der Waals surface area contributed by atoms with Crippen molar-refractivity contribution in [3.8, 4) is 17.0 Å². The summed E-state index contributed by atoms with van der Waals surface area (Å²) in [7, 11) is 1.72. The van der Waals surface area contributed by atoms with Crippen molar-refractivity contribution in [3.63, 3.8) is 0 Å².